The minimum atomic E-state index is -5.15. The number of carbonyl (C=O) groups is 2. The van der Waals surface area contributed by atoms with E-state index in [-0.39, 0.29) is 5.15 Å². The molecule has 0 atom stereocenters. The van der Waals surface area contributed by atoms with Crippen molar-refractivity contribution in [2.75, 3.05) is 5.32 Å². The van der Waals surface area contributed by atoms with E-state index in [0.717, 1.165) is 24.3 Å². The first kappa shape index (κ1) is 16.9. The van der Waals surface area contributed by atoms with Gasteiger partial charge in [-0.05, 0) is 24.3 Å². The number of hydrogen-bond acceptors (Lipinski definition) is 3. The third-order valence-electron chi connectivity index (χ3n) is 2.70. The Kier molecular flexibility index (Phi) is 4.65. The molecule has 9 heteroatoms. The van der Waals surface area contributed by atoms with E-state index in [4.69, 9.17) is 11.6 Å². The maximum Gasteiger partial charge on any atom is 0.471 e. The number of aromatic nitrogens is 1. The van der Waals surface area contributed by atoms with Gasteiger partial charge in [0.1, 0.15) is 16.7 Å². The van der Waals surface area contributed by atoms with Gasteiger partial charge in [-0.1, -0.05) is 23.7 Å². The van der Waals surface area contributed by atoms with Gasteiger partial charge in [0.25, 0.3) is 0 Å². The minimum Gasteiger partial charge on any atom is -0.316 e. The summed E-state index contributed by atoms with van der Waals surface area (Å²) in [4.78, 5) is 26.9. The lowest BCUT2D eigenvalue weighted by Gasteiger charge is -2.11. The normalized spacial score (nSPS) is 11.2. The molecule has 120 valence electrons. The molecule has 4 nitrogen and oxygen atoms in total. The summed E-state index contributed by atoms with van der Waals surface area (Å²) < 4.78 is 50.7. The molecule has 0 aliphatic rings. The van der Waals surface area contributed by atoms with Crippen LogP contribution in [0, 0.1) is 5.82 Å². The van der Waals surface area contributed by atoms with Crippen molar-refractivity contribution in [2.45, 2.75) is 6.18 Å². The van der Waals surface area contributed by atoms with E-state index in [0.29, 0.717) is 0 Å². The van der Waals surface area contributed by atoms with Gasteiger partial charge in [-0.15, -0.1) is 0 Å². The maximum atomic E-state index is 13.7. The number of benzene rings is 1. The van der Waals surface area contributed by atoms with Crippen molar-refractivity contribution in [3.63, 3.8) is 0 Å². The van der Waals surface area contributed by atoms with Crippen molar-refractivity contribution in [1.82, 2.24) is 4.98 Å². The quantitative estimate of drug-likeness (QED) is 0.525. The van der Waals surface area contributed by atoms with Crippen molar-refractivity contribution in [2.24, 2.45) is 0 Å². The fourth-order valence-electron chi connectivity index (χ4n) is 1.68. The van der Waals surface area contributed by atoms with Crippen LogP contribution in [0.3, 0.4) is 0 Å². The smallest absolute Gasteiger partial charge is 0.316 e. The fourth-order valence-corrected chi connectivity index (χ4v) is 1.82. The molecule has 2 aromatic rings. The number of rotatable bonds is 3. The lowest BCUT2D eigenvalue weighted by molar-refractivity contribution is -0.167. The number of amides is 1. The molecule has 2 rings (SSSR count). The van der Waals surface area contributed by atoms with Gasteiger partial charge in [-0.3, -0.25) is 9.59 Å². The van der Waals surface area contributed by atoms with Crippen LogP contribution >= 0.6 is 11.6 Å². The van der Waals surface area contributed by atoms with Crippen molar-refractivity contribution >= 4 is 29.0 Å². The predicted octanol–water partition coefficient (Wildman–Crippen LogP) is 3.61. The molecule has 0 aliphatic heterocycles. The number of nitrogens with one attached hydrogen (secondary N) is 1. The lowest BCUT2D eigenvalue weighted by Crippen LogP contribution is -2.30. The Labute approximate surface area is 132 Å². The van der Waals surface area contributed by atoms with Crippen LogP contribution in [0.1, 0.15) is 16.1 Å². The Balaban J connectivity index is 2.46. The van der Waals surface area contributed by atoms with Crippen molar-refractivity contribution < 1.29 is 27.2 Å². The van der Waals surface area contributed by atoms with Gasteiger partial charge < -0.3 is 5.32 Å². The molecule has 1 aromatic heterocycles. The number of nitrogens with zero attached hydrogens (tertiary/aromatic N) is 1. The summed E-state index contributed by atoms with van der Waals surface area (Å²) in [6.45, 7) is 0. The molecule has 0 aliphatic carbocycles. The molecule has 0 bridgehead atoms. The first-order chi connectivity index (χ1) is 10.7. The van der Waals surface area contributed by atoms with E-state index in [2.05, 4.69) is 4.98 Å². The standard InChI is InChI=1S/C14H7ClF4N2O2/c15-10-6-5-9(20-13(23)14(17,18)19)11(21-10)12(22)7-3-1-2-4-8(7)16/h1-6H,(H,20,23). The van der Waals surface area contributed by atoms with E-state index >= 15 is 0 Å². The van der Waals surface area contributed by atoms with E-state index in [9.17, 15) is 27.2 Å². The topological polar surface area (TPSA) is 59.1 Å². The van der Waals surface area contributed by atoms with Crippen LogP contribution in [0.5, 0.6) is 0 Å². The van der Waals surface area contributed by atoms with E-state index in [1.165, 1.54) is 17.4 Å². The minimum absolute atomic E-state index is 0.199. The Morgan fingerprint density at radius 2 is 1.74 bits per heavy atom. The van der Waals surface area contributed by atoms with Crippen LogP contribution in [0.25, 0.3) is 0 Å². The highest BCUT2D eigenvalue weighted by molar-refractivity contribution is 6.30. The van der Waals surface area contributed by atoms with Crippen molar-refractivity contribution in [3.8, 4) is 0 Å². The molecule has 0 saturated heterocycles. The largest absolute Gasteiger partial charge is 0.471 e. The third-order valence-corrected chi connectivity index (χ3v) is 2.91. The predicted molar refractivity (Wildman–Crippen MR) is 73.8 cm³/mol. The molecular formula is C14H7ClF4N2O2. The average molecular weight is 347 g/mol. The molecule has 23 heavy (non-hydrogen) atoms. The average Bonchev–Trinajstić information content (AvgIpc) is 2.48. The van der Waals surface area contributed by atoms with Gasteiger partial charge in [-0.2, -0.15) is 13.2 Å². The lowest BCUT2D eigenvalue weighted by atomic mass is 10.1. The van der Waals surface area contributed by atoms with E-state index in [1.807, 2.05) is 0 Å². The molecule has 0 fully saturated rings. The number of anilines is 1. The van der Waals surface area contributed by atoms with Gasteiger partial charge in [0.05, 0.1) is 11.3 Å². The zero-order valence-corrected chi connectivity index (χ0v) is 11.9. The molecule has 1 heterocycles. The zero-order chi connectivity index (χ0) is 17.2. The molecule has 0 saturated carbocycles. The molecule has 0 radical (unpaired) electrons. The highest BCUT2D eigenvalue weighted by Gasteiger charge is 2.39. The summed E-state index contributed by atoms with van der Waals surface area (Å²) in [5.74, 6) is -4.18. The second-order valence-electron chi connectivity index (χ2n) is 4.29. The van der Waals surface area contributed by atoms with Crippen molar-refractivity contribution in [3.05, 3.63) is 58.6 Å². The summed E-state index contributed by atoms with van der Waals surface area (Å²) in [6, 6.07) is 6.92. The molecule has 1 N–H and O–H groups in total. The monoisotopic (exact) mass is 346 g/mol. The van der Waals surface area contributed by atoms with E-state index < -0.39 is 40.6 Å². The summed E-state index contributed by atoms with van der Waals surface area (Å²) in [7, 11) is 0. The molecule has 1 aromatic carbocycles. The van der Waals surface area contributed by atoms with E-state index in [1.54, 1.807) is 0 Å². The van der Waals surface area contributed by atoms with Crippen LogP contribution in [0.15, 0.2) is 36.4 Å². The maximum absolute atomic E-state index is 13.7. The number of hydrogen-bond donors (Lipinski definition) is 1. The van der Waals surface area contributed by atoms with Gasteiger partial charge in [0.2, 0.25) is 5.78 Å². The van der Waals surface area contributed by atoms with Gasteiger partial charge in [0.15, 0.2) is 0 Å². The van der Waals surface area contributed by atoms with Crippen LogP contribution < -0.4 is 5.32 Å². The Morgan fingerprint density at radius 1 is 1.09 bits per heavy atom. The third kappa shape index (κ3) is 3.84. The Bertz CT molecular complexity index is 778. The molecule has 0 unspecified atom stereocenters. The summed E-state index contributed by atoms with van der Waals surface area (Å²) in [5, 5.41) is 1.32. The number of alkyl halides is 3. The molecule has 0 spiro atoms. The van der Waals surface area contributed by atoms with Gasteiger partial charge in [-0.25, -0.2) is 9.37 Å². The second-order valence-corrected chi connectivity index (χ2v) is 4.68. The van der Waals surface area contributed by atoms with Crippen molar-refractivity contribution in [1.29, 1.82) is 0 Å². The van der Waals surface area contributed by atoms with Crippen LogP contribution in [-0.4, -0.2) is 22.9 Å². The molecular weight excluding hydrogens is 340 g/mol. The summed E-state index contributed by atoms with van der Waals surface area (Å²) in [6.07, 6.45) is -5.15. The number of ketones is 1. The van der Waals surface area contributed by atoms with Crippen LogP contribution in [0.2, 0.25) is 5.15 Å². The van der Waals surface area contributed by atoms with Crippen LogP contribution in [0.4, 0.5) is 23.2 Å². The van der Waals surface area contributed by atoms with Gasteiger partial charge in [0, 0.05) is 0 Å². The number of pyridine rings is 1. The Morgan fingerprint density at radius 3 is 2.35 bits per heavy atom. The second kappa shape index (κ2) is 6.33. The molecule has 1 amide bonds. The highest BCUT2D eigenvalue weighted by Crippen LogP contribution is 2.24. The highest BCUT2D eigenvalue weighted by atomic mass is 35.5. The number of carbonyl (C=O) groups excluding carboxylic acids is 2. The summed E-state index contributed by atoms with van der Waals surface area (Å²) in [5.41, 5.74) is -1.53. The summed E-state index contributed by atoms with van der Waals surface area (Å²) >= 11 is 5.62. The Hall–Kier alpha value is -2.48. The first-order valence-electron chi connectivity index (χ1n) is 6.04. The number of halogens is 5. The fraction of sp³-hybridized carbons (Fsp3) is 0.0714. The first-order valence-corrected chi connectivity index (χ1v) is 6.42. The zero-order valence-electron chi connectivity index (χ0n) is 11.1. The van der Waals surface area contributed by atoms with Gasteiger partial charge >= 0.3 is 12.1 Å². The SMILES string of the molecule is O=C(c1ccccc1F)c1nc(Cl)ccc1NC(=O)C(F)(F)F. The van der Waals surface area contributed by atoms with Crippen LogP contribution in [-0.2, 0) is 4.79 Å².